The van der Waals surface area contributed by atoms with Crippen LogP contribution in [-0.4, -0.2) is 42.3 Å². The summed E-state index contributed by atoms with van der Waals surface area (Å²) in [5.41, 5.74) is 4.61. The van der Waals surface area contributed by atoms with Crippen LogP contribution in [0.1, 0.15) is 36.8 Å². The average molecular weight is 422 g/mol. The number of amides is 2. The number of hydrogen-bond donors (Lipinski definition) is 3. The minimum Gasteiger partial charge on any atom is -0.481 e. The van der Waals surface area contributed by atoms with Crippen LogP contribution in [0, 0.1) is 11.8 Å². The van der Waals surface area contributed by atoms with Crippen molar-refractivity contribution >= 4 is 18.0 Å². The van der Waals surface area contributed by atoms with Crippen LogP contribution < -0.4 is 10.6 Å². The Morgan fingerprint density at radius 1 is 1.06 bits per heavy atom. The van der Waals surface area contributed by atoms with E-state index in [9.17, 15) is 14.4 Å². The Morgan fingerprint density at radius 2 is 1.68 bits per heavy atom. The van der Waals surface area contributed by atoms with E-state index in [2.05, 4.69) is 34.9 Å². The number of rotatable bonds is 8. The first-order valence-electron chi connectivity index (χ1n) is 10.5. The highest BCUT2D eigenvalue weighted by Gasteiger charge is 2.43. The number of carboxylic acid groups (broad SMARTS) is 1. The van der Waals surface area contributed by atoms with Crippen molar-refractivity contribution in [3.63, 3.8) is 0 Å². The van der Waals surface area contributed by atoms with Gasteiger partial charge in [-0.2, -0.15) is 0 Å². The highest BCUT2D eigenvalue weighted by Crippen LogP contribution is 2.44. The third-order valence-electron chi connectivity index (χ3n) is 6.00. The van der Waals surface area contributed by atoms with Crippen molar-refractivity contribution in [2.24, 2.45) is 11.8 Å². The molecule has 1 saturated carbocycles. The van der Waals surface area contributed by atoms with Gasteiger partial charge >= 0.3 is 12.1 Å². The first kappa shape index (κ1) is 20.9. The molecule has 2 amide bonds. The smallest absolute Gasteiger partial charge is 0.407 e. The molecule has 7 nitrogen and oxygen atoms in total. The van der Waals surface area contributed by atoms with Crippen molar-refractivity contribution in [3.8, 4) is 11.1 Å². The normalized spacial score (nSPS) is 19.6. The summed E-state index contributed by atoms with van der Waals surface area (Å²) in [6, 6.07) is 15.9. The standard InChI is InChI=1S/C24H26N2O5/c1-14(10-22(27)25-12-15-11-20(15)23(28)29)26-24(30)31-13-21-18-8-4-2-6-16(18)17-7-3-5-9-19(17)21/h2-9,14-15,20-21H,10-13H2,1H3,(H,25,27)(H,26,30)(H,28,29)/t14-,15+,20+/m0/s1. The Labute approximate surface area is 180 Å². The van der Waals surface area contributed by atoms with E-state index in [-0.39, 0.29) is 36.7 Å². The van der Waals surface area contributed by atoms with E-state index in [1.54, 1.807) is 6.92 Å². The zero-order valence-electron chi connectivity index (χ0n) is 17.3. The summed E-state index contributed by atoms with van der Waals surface area (Å²) >= 11 is 0. The maximum absolute atomic E-state index is 12.3. The molecular formula is C24H26N2O5. The molecule has 0 unspecified atom stereocenters. The zero-order chi connectivity index (χ0) is 22.0. The molecule has 4 rings (SSSR count). The monoisotopic (exact) mass is 422 g/mol. The average Bonchev–Trinajstić information content (AvgIpc) is 3.46. The third-order valence-corrected chi connectivity index (χ3v) is 6.00. The summed E-state index contributed by atoms with van der Waals surface area (Å²) in [4.78, 5) is 35.1. The SMILES string of the molecule is C[C@@H](CC(=O)NC[C@H]1C[C@H]1C(=O)O)NC(=O)OCC1c2ccccc2-c2ccccc21. The molecule has 0 heterocycles. The molecule has 0 spiro atoms. The summed E-state index contributed by atoms with van der Waals surface area (Å²) in [5.74, 6) is -1.40. The molecule has 2 aromatic carbocycles. The second kappa shape index (κ2) is 8.79. The van der Waals surface area contributed by atoms with Crippen molar-refractivity contribution in [2.75, 3.05) is 13.2 Å². The van der Waals surface area contributed by atoms with Crippen molar-refractivity contribution < 1.29 is 24.2 Å². The van der Waals surface area contributed by atoms with Gasteiger partial charge in [-0.05, 0) is 41.5 Å². The van der Waals surface area contributed by atoms with E-state index in [4.69, 9.17) is 9.84 Å². The first-order valence-corrected chi connectivity index (χ1v) is 10.5. The van der Waals surface area contributed by atoms with Gasteiger partial charge < -0.3 is 20.5 Å². The fourth-order valence-corrected chi connectivity index (χ4v) is 4.26. The van der Waals surface area contributed by atoms with Gasteiger partial charge in [0.15, 0.2) is 0 Å². The molecular weight excluding hydrogens is 396 g/mol. The van der Waals surface area contributed by atoms with E-state index in [1.807, 2.05) is 24.3 Å². The second-order valence-electron chi connectivity index (χ2n) is 8.32. The molecule has 0 aromatic heterocycles. The summed E-state index contributed by atoms with van der Waals surface area (Å²) in [6.07, 6.45) is 0.146. The van der Waals surface area contributed by atoms with Crippen LogP contribution in [0.3, 0.4) is 0 Å². The molecule has 3 atom stereocenters. The number of aliphatic carboxylic acids is 1. The molecule has 2 aromatic rings. The van der Waals surface area contributed by atoms with Gasteiger partial charge in [0.25, 0.3) is 0 Å². The van der Waals surface area contributed by atoms with E-state index in [1.165, 1.54) is 0 Å². The van der Waals surface area contributed by atoms with Crippen LogP contribution in [-0.2, 0) is 14.3 Å². The van der Waals surface area contributed by atoms with Gasteiger partial charge in [0.2, 0.25) is 5.91 Å². The molecule has 0 aliphatic heterocycles. The van der Waals surface area contributed by atoms with E-state index < -0.39 is 18.1 Å². The largest absolute Gasteiger partial charge is 0.481 e. The van der Waals surface area contributed by atoms with Crippen LogP contribution in [0.2, 0.25) is 0 Å². The van der Waals surface area contributed by atoms with Gasteiger partial charge in [0, 0.05) is 24.9 Å². The highest BCUT2D eigenvalue weighted by atomic mass is 16.5. The lowest BCUT2D eigenvalue weighted by molar-refractivity contribution is -0.139. The van der Waals surface area contributed by atoms with Crippen LogP contribution in [0.5, 0.6) is 0 Å². The molecule has 0 bridgehead atoms. The lowest BCUT2D eigenvalue weighted by Crippen LogP contribution is -2.38. The van der Waals surface area contributed by atoms with Crippen molar-refractivity contribution in [3.05, 3.63) is 59.7 Å². The number of hydrogen-bond acceptors (Lipinski definition) is 4. The number of alkyl carbamates (subject to hydrolysis) is 1. The number of carbonyl (C=O) groups excluding carboxylic acids is 2. The minimum absolute atomic E-state index is 0.00634. The van der Waals surface area contributed by atoms with Gasteiger partial charge in [-0.1, -0.05) is 48.5 Å². The Bertz CT molecular complexity index is 959. The fraction of sp³-hybridized carbons (Fsp3) is 0.375. The van der Waals surface area contributed by atoms with E-state index >= 15 is 0 Å². The summed E-state index contributed by atoms with van der Waals surface area (Å²) in [6.45, 7) is 2.31. The van der Waals surface area contributed by atoms with Crippen molar-refractivity contribution in [1.29, 1.82) is 0 Å². The third kappa shape index (κ3) is 4.71. The van der Waals surface area contributed by atoms with Crippen LogP contribution in [0.25, 0.3) is 11.1 Å². The van der Waals surface area contributed by atoms with Crippen LogP contribution in [0.15, 0.2) is 48.5 Å². The van der Waals surface area contributed by atoms with Gasteiger partial charge in [-0.3, -0.25) is 9.59 Å². The van der Waals surface area contributed by atoms with E-state index in [0.29, 0.717) is 13.0 Å². The summed E-state index contributed by atoms with van der Waals surface area (Å²) in [7, 11) is 0. The fourth-order valence-electron chi connectivity index (χ4n) is 4.26. The number of carbonyl (C=O) groups is 3. The molecule has 3 N–H and O–H groups in total. The number of ether oxygens (including phenoxy) is 1. The van der Waals surface area contributed by atoms with Gasteiger partial charge in [-0.15, -0.1) is 0 Å². The summed E-state index contributed by atoms with van der Waals surface area (Å²) < 4.78 is 5.49. The van der Waals surface area contributed by atoms with Crippen molar-refractivity contribution in [2.45, 2.75) is 31.7 Å². The predicted molar refractivity (Wildman–Crippen MR) is 115 cm³/mol. The predicted octanol–water partition coefficient (Wildman–Crippen LogP) is 3.14. The maximum atomic E-state index is 12.3. The minimum atomic E-state index is -0.815. The van der Waals surface area contributed by atoms with Crippen LogP contribution >= 0.6 is 0 Å². The molecule has 7 heteroatoms. The topological polar surface area (TPSA) is 105 Å². The molecule has 0 saturated heterocycles. The summed E-state index contributed by atoms with van der Waals surface area (Å²) in [5, 5.41) is 14.3. The number of benzene rings is 2. The van der Waals surface area contributed by atoms with Gasteiger partial charge in [-0.25, -0.2) is 4.79 Å². The highest BCUT2D eigenvalue weighted by molar-refractivity contribution is 5.80. The van der Waals surface area contributed by atoms with E-state index in [0.717, 1.165) is 22.3 Å². The Kier molecular flexibility index (Phi) is 5.93. The van der Waals surface area contributed by atoms with Gasteiger partial charge in [0.05, 0.1) is 5.92 Å². The molecule has 2 aliphatic rings. The lowest BCUT2D eigenvalue weighted by Gasteiger charge is -2.17. The molecule has 31 heavy (non-hydrogen) atoms. The molecule has 0 radical (unpaired) electrons. The Morgan fingerprint density at radius 3 is 2.26 bits per heavy atom. The quantitative estimate of drug-likeness (QED) is 0.606. The van der Waals surface area contributed by atoms with Crippen LogP contribution in [0.4, 0.5) is 4.79 Å². The van der Waals surface area contributed by atoms with Gasteiger partial charge in [0.1, 0.15) is 6.61 Å². The lowest BCUT2D eigenvalue weighted by atomic mass is 9.98. The Hall–Kier alpha value is -3.35. The molecule has 2 aliphatic carbocycles. The Balaban J connectivity index is 1.24. The zero-order valence-corrected chi connectivity index (χ0v) is 17.3. The number of fused-ring (bicyclic) bond motifs is 3. The molecule has 162 valence electrons. The maximum Gasteiger partial charge on any atom is 0.407 e. The first-order chi connectivity index (χ1) is 14.9. The number of carboxylic acids is 1. The van der Waals surface area contributed by atoms with Crippen molar-refractivity contribution in [1.82, 2.24) is 10.6 Å². The second-order valence-corrected chi connectivity index (χ2v) is 8.32. The molecule has 1 fully saturated rings. The number of nitrogens with one attached hydrogen (secondary N) is 2.